The van der Waals surface area contributed by atoms with E-state index < -0.39 is 97.5 Å². The molecule has 0 aromatic heterocycles. The van der Waals surface area contributed by atoms with Crippen molar-refractivity contribution in [3.8, 4) is 0 Å². The standard InChI is InChI=1S/C78H152O17P2/c1-6-9-12-15-18-21-23-25-27-28-31-35-38-42-47-52-57-62-76(81)89-68-74(95-78(83)64-59-54-49-44-40-36-32-29-30-33-37-41-45-50-55-60-71(4)5)70-93-97(86,87)91-66-72(79)65-90-96(84,85)92-69-73(67-88-75(80)61-56-51-46-20-17-14-11-8-3)94-77(82)63-58-53-48-43-39-34-26-24-22-19-16-13-10-7-2/h71-74,79H,6-70H2,1-5H3,(H,84,85)(H,86,87)/t72-,73+,74+/m0/s1. The zero-order chi connectivity index (χ0) is 71.2. The minimum Gasteiger partial charge on any atom is -0.462 e. The molecule has 2 unspecified atom stereocenters. The zero-order valence-corrected chi connectivity index (χ0v) is 65.0. The van der Waals surface area contributed by atoms with Crippen LogP contribution in [-0.2, 0) is 65.4 Å². The Kier molecular flexibility index (Phi) is 69.6. The first-order valence-electron chi connectivity index (χ1n) is 40.6. The molecule has 0 bridgehead atoms. The second-order valence-corrected chi connectivity index (χ2v) is 31.5. The van der Waals surface area contributed by atoms with E-state index in [0.717, 1.165) is 102 Å². The van der Waals surface area contributed by atoms with Crippen LogP contribution in [0, 0.1) is 5.92 Å². The van der Waals surface area contributed by atoms with E-state index in [1.165, 1.54) is 231 Å². The highest BCUT2D eigenvalue weighted by molar-refractivity contribution is 7.47. The number of carbonyl (C=O) groups excluding carboxylic acids is 4. The molecule has 0 fully saturated rings. The van der Waals surface area contributed by atoms with Gasteiger partial charge in [0.05, 0.1) is 26.4 Å². The first-order chi connectivity index (χ1) is 47.0. The van der Waals surface area contributed by atoms with Gasteiger partial charge in [0.2, 0.25) is 0 Å². The van der Waals surface area contributed by atoms with Gasteiger partial charge >= 0.3 is 39.5 Å². The van der Waals surface area contributed by atoms with Gasteiger partial charge in [0.25, 0.3) is 0 Å². The van der Waals surface area contributed by atoms with Gasteiger partial charge in [0.1, 0.15) is 19.3 Å². The number of ether oxygens (including phenoxy) is 4. The Bertz CT molecular complexity index is 1860. The second-order valence-electron chi connectivity index (χ2n) is 28.6. The van der Waals surface area contributed by atoms with Crippen LogP contribution in [0.5, 0.6) is 0 Å². The SMILES string of the molecule is CCCCCCCCCCCCCCCCCCCC(=O)OC[C@H](COP(=O)(O)OC[C@@H](O)COP(=O)(O)OC[C@@H](COC(=O)CCCCCCCCCC)OC(=O)CCCCCCCCCCCCCCCC)OC(=O)CCCCCCCCCCCCCCCCCC(C)C. The topological polar surface area (TPSA) is 237 Å². The van der Waals surface area contributed by atoms with E-state index in [2.05, 4.69) is 34.6 Å². The predicted molar refractivity (Wildman–Crippen MR) is 395 cm³/mol. The zero-order valence-electron chi connectivity index (χ0n) is 63.2. The number of esters is 4. The van der Waals surface area contributed by atoms with Crippen LogP contribution >= 0.6 is 15.6 Å². The van der Waals surface area contributed by atoms with Crippen molar-refractivity contribution in [3.63, 3.8) is 0 Å². The summed E-state index contributed by atoms with van der Waals surface area (Å²) in [6.07, 6.45) is 61.0. The van der Waals surface area contributed by atoms with Crippen LogP contribution in [0.15, 0.2) is 0 Å². The Morgan fingerprint density at radius 2 is 0.474 bits per heavy atom. The Hall–Kier alpha value is -1.94. The highest BCUT2D eigenvalue weighted by atomic mass is 31.2. The summed E-state index contributed by atoms with van der Waals surface area (Å²) in [4.78, 5) is 72.8. The van der Waals surface area contributed by atoms with Gasteiger partial charge in [-0.1, -0.05) is 362 Å². The first kappa shape index (κ1) is 95.1. The Morgan fingerprint density at radius 3 is 0.701 bits per heavy atom. The third-order valence-electron chi connectivity index (χ3n) is 18.3. The van der Waals surface area contributed by atoms with Crippen LogP contribution in [0.25, 0.3) is 0 Å². The maximum atomic E-state index is 13.1. The van der Waals surface area contributed by atoms with Crippen molar-refractivity contribution in [1.82, 2.24) is 0 Å². The molecule has 0 aromatic carbocycles. The summed E-state index contributed by atoms with van der Waals surface area (Å²) in [6.45, 7) is 7.32. The Balaban J connectivity index is 5.21. The number of rotatable bonds is 78. The molecule has 0 aliphatic carbocycles. The van der Waals surface area contributed by atoms with E-state index in [1.54, 1.807) is 0 Å². The van der Waals surface area contributed by atoms with E-state index in [0.29, 0.717) is 25.7 Å². The molecule has 5 atom stereocenters. The van der Waals surface area contributed by atoms with Gasteiger partial charge in [-0.25, -0.2) is 9.13 Å². The molecule has 0 aliphatic heterocycles. The van der Waals surface area contributed by atoms with Crippen LogP contribution in [0.3, 0.4) is 0 Å². The van der Waals surface area contributed by atoms with E-state index in [4.69, 9.17) is 37.0 Å². The summed E-state index contributed by atoms with van der Waals surface area (Å²) in [5.41, 5.74) is 0. The molecule has 0 heterocycles. The number of phosphoric acid groups is 2. The average Bonchev–Trinajstić information content (AvgIpc) is 1.21. The van der Waals surface area contributed by atoms with Crippen LogP contribution in [-0.4, -0.2) is 96.7 Å². The third-order valence-corrected chi connectivity index (χ3v) is 20.2. The number of aliphatic hydroxyl groups is 1. The van der Waals surface area contributed by atoms with Crippen LogP contribution in [0.1, 0.15) is 413 Å². The maximum Gasteiger partial charge on any atom is 0.472 e. The highest BCUT2D eigenvalue weighted by Crippen LogP contribution is 2.45. The highest BCUT2D eigenvalue weighted by Gasteiger charge is 2.30. The van der Waals surface area contributed by atoms with E-state index >= 15 is 0 Å². The molecule has 17 nitrogen and oxygen atoms in total. The fourth-order valence-electron chi connectivity index (χ4n) is 12.1. The van der Waals surface area contributed by atoms with Gasteiger partial charge in [-0.2, -0.15) is 0 Å². The van der Waals surface area contributed by atoms with E-state index in [1.807, 2.05) is 0 Å². The van der Waals surface area contributed by atoms with Gasteiger partial charge in [-0.3, -0.25) is 37.3 Å². The number of hydrogen-bond donors (Lipinski definition) is 3. The van der Waals surface area contributed by atoms with Crippen molar-refractivity contribution in [2.75, 3.05) is 39.6 Å². The summed E-state index contributed by atoms with van der Waals surface area (Å²) in [7, 11) is -9.91. The molecule has 3 N–H and O–H groups in total. The number of aliphatic hydroxyl groups excluding tert-OH is 1. The smallest absolute Gasteiger partial charge is 0.462 e. The molecule has 0 radical (unpaired) electrons. The van der Waals surface area contributed by atoms with Gasteiger partial charge < -0.3 is 33.8 Å². The monoisotopic (exact) mass is 1420 g/mol. The maximum absolute atomic E-state index is 13.1. The lowest BCUT2D eigenvalue weighted by Crippen LogP contribution is -2.30. The minimum atomic E-state index is -4.96. The predicted octanol–water partition coefficient (Wildman–Crippen LogP) is 23.3. The third kappa shape index (κ3) is 72.2. The van der Waals surface area contributed by atoms with Gasteiger partial charge in [0, 0.05) is 25.7 Å². The van der Waals surface area contributed by atoms with Gasteiger partial charge in [-0.05, 0) is 31.6 Å². The molecule has 97 heavy (non-hydrogen) atoms. The molecule has 0 rings (SSSR count). The van der Waals surface area contributed by atoms with Crippen LogP contribution in [0.4, 0.5) is 0 Å². The summed E-state index contributed by atoms with van der Waals surface area (Å²) >= 11 is 0. The van der Waals surface area contributed by atoms with Crippen LogP contribution < -0.4 is 0 Å². The fourth-order valence-corrected chi connectivity index (χ4v) is 13.6. The summed E-state index contributed by atoms with van der Waals surface area (Å²) in [5, 5.41) is 10.6. The molecular formula is C78H152O17P2. The lowest BCUT2D eigenvalue weighted by atomic mass is 10.0. The lowest BCUT2D eigenvalue weighted by molar-refractivity contribution is -0.161. The molecule has 0 aromatic rings. The molecule has 19 heteroatoms. The molecule has 0 spiro atoms. The molecule has 0 amide bonds. The van der Waals surface area contributed by atoms with Crippen molar-refractivity contribution in [2.45, 2.75) is 432 Å². The number of hydrogen-bond acceptors (Lipinski definition) is 15. The van der Waals surface area contributed by atoms with Gasteiger partial charge in [-0.15, -0.1) is 0 Å². The van der Waals surface area contributed by atoms with Crippen molar-refractivity contribution in [3.05, 3.63) is 0 Å². The normalized spacial score (nSPS) is 13.9. The summed E-state index contributed by atoms with van der Waals surface area (Å²) < 4.78 is 68.6. The Morgan fingerprint density at radius 1 is 0.278 bits per heavy atom. The first-order valence-corrected chi connectivity index (χ1v) is 43.6. The molecule has 0 saturated heterocycles. The molecule has 0 aliphatic rings. The van der Waals surface area contributed by atoms with E-state index in [-0.39, 0.29) is 25.7 Å². The summed E-state index contributed by atoms with van der Waals surface area (Å²) in [6, 6.07) is 0. The van der Waals surface area contributed by atoms with Crippen molar-refractivity contribution >= 4 is 39.5 Å². The largest absolute Gasteiger partial charge is 0.472 e. The van der Waals surface area contributed by atoms with E-state index in [9.17, 15) is 43.2 Å². The van der Waals surface area contributed by atoms with Crippen LogP contribution in [0.2, 0.25) is 0 Å². The molecule has 0 saturated carbocycles. The fraction of sp³-hybridized carbons (Fsp3) is 0.949. The van der Waals surface area contributed by atoms with Crippen molar-refractivity contribution in [2.24, 2.45) is 5.92 Å². The van der Waals surface area contributed by atoms with Crippen molar-refractivity contribution < 1.29 is 80.2 Å². The lowest BCUT2D eigenvalue weighted by Gasteiger charge is -2.21. The van der Waals surface area contributed by atoms with Gasteiger partial charge in [0.15, 0.2) is 12.2 Å². The minimum absolute atomic E-state index is 0.108. The summed E-state index contributed by atoms with van der Waals surface area (Å²) in [5.74, 6) is -1.31. The Labute approximate surface area is 594 Å². The molecule has 576 valence electrons. The average molecular weight is 1420 g/mol. The number of carbonyl (C=O) groups is 4. The second kappa shape index (κ2) is 71.1. The number of phosphoric ester groups is 2. The van der Waals surface area contributed by atoms with Crippen molar-refractivity contribution in [1.29, 1.82) is 0 Å². The molecular weight excluding hydrogens is 1270 g/mol. The quantitative estimate of drug-likeness (QED) is 0.0222. The number of unbranched alkanes of at least 4 members (excludes halogenated alkanes) is 50.